The van der Waals surface area contributed by atoms with Gasteiger partial charge >= 0.3 is 0 Å². The molecule has 0 spiro atoms. The zero-order chi connectivity index (χ0) is 23.2. The summed E-state index contributed by atoms with van der Waals surface area (Å²) < 4.78 is 5.36. The molecule has 0 saturated heterocycles. The van der Waals surface area contributed by atoms with Gasteiger partial charge < -0.3 is 24.4 Å². The molecule has 170 valence electrons. The van der Waals surface area contributed by atoms with Crippen LogP contribution in [0.25, 0.3) is 0 Å². The van der Waals surface area contributed by atoms with Crippen molar-refractivity contribution in [2.24, 2.45) is 5.41 Å². The highest BCUT2D eigenvalue weighted by Crippen LogP contribution is 2.26. The van der Waals surface area contributed by atoms with Crippen molar-refractivity contribution in [1.82, 2.24) is 4.90 Å². The Morgan fingerprint density at radius 1 is 1.13 bits per heavy atom. The van der Waals surface area contributed by atoms with Crippen molar-refractivity contribution in [3.05, 3.63) is 47.9 Å². The van der Waals surface area contributed by atoms with Gasteiger partial charge in [-0.1, -0.05) is 20.8 Å². The van der Waals surface area contributed by atoms with E-state index in [1.807, 2.05) is 58.0 Å². The average Bonchev–Trinajstić information content (AvgIpc) is 3.17. The Labute approximate surface area is 186 Å². The van der Waals surface area contributed by atoms with Crippen molar-refractivity contribution in [2.45, 2.75) is 33.7 Å². The summed E-state index contributed by atoms with van der Waals surface area (Å²) in [4.78, 5) is 30.6. The van der Waals surface area contributed by atoms with Crippen molar-refractivity contribution < 1.29 is 18.9 Å². The standard InChI is InChI=1S/C24H36N4O3/c1-24(2,3)16-22(29)25-19-10-11-20(27(6)7)18(15-19)17-28(13-12-26(4)5)23(30)21-9-8-14-31-21/h8-11,14-15H,12-13,16-17H2,1-7H3,(H,25,29)/p+1. The van der Waals surface area contributed by atoms with Crippen LogP contribution >= 0.6 is 0 Å². The highest BCUT2D eigenvalue weighted by molar-refractivity contribution is 5.92. The molecule has 0 radical (unpaired) electrons. The van der Waals surface area contributed by atoms with Crippen LogP contribution in [-0.4, -0.2) is 58.0 Å². The lowest BCUT2D eigenvalue weighted by Crippen LogP contribution is -3.06. The number of rotatable bonds is 9. The van der Waals surface area contributed by atoms with Gasteiger partial charge in [-0.15, -0.1) is 0 Å². The van der Waals surface area contributed by atoms with E-state index in [0.29, 0.717) is 25.3 Å². The molecule has 2 aromatic rings. The molecular formula is C24H37N4O3+. The molecule has 2 N–H and O–H groups in total. The third-order valence-electron chi connectivity index (χ3n) is 4.80. The van der Waals surface area contributed by atoms with Crippen LogP contribution in [0.1, 0.15) is 43.3 Å². The first-order valence-corrected chi connectivity index (χ1v) is 10.7. The van der Waals surface area contributed by atoms with Crippen molar-refractivity contribution in [3.8, 4) is 0 Å². The van der Waals surface area contributed by atoms with E-state index in [1.54, 1.807) is 17.0 Å². The van der Waals surface area contributed by atoms with Gasteiger partial charge in [-0.25, -0.2) is 0 Å². The lowest BCUT2D eigenvalue weighted by molar-refractivity contribution is -0.857. The van der Waals surface area contributed by atoms with Crippen LogP contribution in [0.5, 0.6) is 0 Å². The molecule has 0 unspecified atom stereocenters. The van der Waals surface area contributed by atoms with Gasteiger partial charge in [0.1, 0.15) is 0 Å². The number of hydrogen-bond donors (Lipinski definition) is 2. The summed E-state index contributed by atoms with van der Waals surface area (Å²) in [6, 6.07) is 9.25. The number of benzene rings is 1. The topological polar surface area (TPSA) is 70.2 Å². The number of anilines is 2. The van der Waals surface area contributed by atoms with E-state index in [-0.39, 0.29) is 17.2 Å². The summed E-state index contributed by atoms with van der Waals surface area (Å²) in [6.45, 7) is 7.94. The first kappa shape index (κ1) is 24.5. The Kier molecular flexibility index (Phi) is 8.28. The molecule has 0 atom stereocenters. The highest BCUT2D eigenvalue weighted by Gasteiger charge is 2.22. The molecule has 0 saturated carbocycles. The van der Waals surface area contributed by atoms with E-state index in [9.17, 15) is 9.59 Å². The van der Waals surface area contributed by atoms with Crippen LogP contribution in [0.2, 0.25) is 0 Å². The number of carbonyl (C=O) groups is 2. The molecule has 2 amide bonds. The fourth-order valence-electron chi connectivity index (χ4n) is 3.29. The van der Waals surface area contributed by atoms with Crippen LogP contribution in [0.4, 0.5) is 11.4 Å². The van der Waals surface area contributed by atoms with Crippen LogP contribution < -0.4 is 15.1 Å². The SMILES string of the molecule is CN(C)c1ccc(NC(=O)CC(C)(C)C)cc1CN(CC[NH+](C)C)C(=O)c1ccco1. The fraction of sp³-hybridized carbons (Fsp3) is 0.500. The van der Waals surface area contributed by atoms with E-state index < -0.39 is 0 Å². The smallest absolute Gasteiger partial charge is 0.290 e. The predicted molar refractivity (Wildman–Crippen MR) is 125 cm³/mol. The molecular weight excluding hydrogens is 392 g/mol. The second-order valence-electron chi connectivity index (χ2n) is 9.68. The second kappa shape index (κ2) is 10.5. The average molecular weight is 430 g/mol. The molecule has 1 heterocycles. The van der Waals surface area contributed by atoms with Gasteiger partial charge in [-0.05, 0) is 41.3 Å². The Hall–Kier alpha value is -2.80. The molecule has 1 aromatic heterocycles. The summed E-state index contributed by atoms with van der Waals surface area (Å²) in [5.74, 6) is 0.170. The quantitative estimate of drug-likeness (QED) is 0.643. The summed E-state index contributed by atoms with van der Waals surface area (Å²) in [7, 11) is 8.07. The number of quaternary nitrogens is 1. The van der Waals surface area contributed by atoms with Gasteiger partial charge in [0.15, 0.2) is 5.76 Å². The van der Waals surface area contributed by atoms with Crippen LogP contribution in [0.15, 0.2) is 41.0 Å². The summed E-state index contributed by atoms with van der Waals surface area (Å²) in [5.41, 5.74) is 2.62. The number of carbonyl (C=O) groups excluding carboxylic acids is 2. The largest absolute Gasteiger partial charge is 0.459 e. The van der Waals surface area contributed by atoms with E-state index in [1.165, 1.54) is 11.2 Å². The van der Waals surface area contributed by atoms with Gasteiger partial charge in [0.2, 0.25) is 5.91 Å². The summed E-state index contributed by atoms with van der Waals surface area (Å²) in [6.07, 6.45) is 1.95. The molecule has 7 nitrogen and oxygen atoms in total. The molecule has 0 bridgehead atoms. The van der Waals surface area contributed by atoms with E-state index in [2.05, 4.69) is 19.4 Å². The third kappa shape index (κ3) is 7.75. The maximum absolute atomic E-state index is 13.1. The third-order valence-corrected chi connectivity index (χ3v) is 4.80. The van der Waals surface area contributed by atoms with Crippen molar-refractivity contribution in [2.75, 3.05) is 51.5 Å². The fourth-order valence-corrected chi connectivity index (χ4v) is 3.29. The van der Waals surface area contributed by atoms with Crippen LogP contribution in [-0.2, 0) is 11.3 Å². The predicted octanol–water partition coefficient (Wildman–Crippen LogP) is 2.51. The minimum atomic E-state index is -0.141. The molecule has 31 heavy (non-hydrogen) atoms. The van der Waals surface area contributed by atoms with E-state index in [4.69, 9.17) is 4.42 Å². The Morgan fingerprint density at radius 3 is 2.39 bits per heavy atom. The van der Waals surface area contributed by atoms with E-state index >= 15 is 0 Å². The zero-order valence-electron chi connectivity index (χ0n) is 19.9. The minimum absolute atomic E-state index is 0.0178. The first-order chi connectivity index (χ1) is 14.5. The van der Waals surface area contributed by atoms with Gasteiger partial charge in [-0.2, -0.15) is 0 Å². The van der Waals surface area contributed by atoms with Gasteiger partial charge in [0.05, 0.1) is 33.4 Å². The number of likely N-dealkylation sites (N-methyl/N-ethyl adjacent to an activating group) is 1. The molecule has 2 rings (SSSR count). The Morgan fingerprint density at radius 2 is 1.84 bits per heavy atom. The van der Waals surface area contributed by atoms with Gasteiger partial charge in [-0.3, -0.25) is 9.59 Å². The number of nitrogens with zero attached hydrogens (tertiary/aromatic N) is 2. The molecule has 0 aliphatic heterocycles. The molecule has 7 heteroatoms. The Bertz CT molecular complexity index is 867. The van der Waals surface area contributed by atoms with Crippen molar-refractivity contribution >= 4 is 23.2 Å². The molecule has 0 aliphatic carbocycles. The maximum atomic E-state index is 13.1. The maximum Gasteiger partial charge on any atom is 0.290 e. The van der Waals surface area contributed by atoms with Crippen LogP contribution in [0, 0.1) is 5.41 Å². The highest BCUT2D eigenvalue weighted by atomic mass is 16.3. The number of nitrogens with one attached hydrogen (secondary N) is 2. The zero-order valence-corrected chi connectivity index (χ0v) is 19.9. The molecule has 1 aromatic carbocycles. The van der Waals surface area contributed by atoms with Crippen molar-refractivity contribution in [3.63, 3.8) is 0 Å². The minimum Gasteiger partial charge on any atom is -0.459 e. The van der Waals surface area contributed by atoms with Crippen molar-refractivity contribution in [1.29, 1.82) is 0 Å². The summed E-state index contributed by atoms with van der Waals surface area (Å²) >= 11 is 0. The molecule has 0 fully saturated rings. The number of amides is 2. The monoisotopic (exact) mass is 429 g/mol. The summed E-state index contributed by atoms with van der Waals surface area (Å²) in [5, 5.41) is 3.00. The number of furan rings is 1. The second-order valence-corrected chi connectivity index (χ2v) is 9.68. The Balaban J connectivity index is 2.30. The van der Waals surface area contributed by atoms with Crippen LogP contribution in [0.3, 0.4) is 0 Å². The lowest BCUT2D eigenvalue weighted by Gasteiger charge is -2.26. The first-order valence-electron chi connectivity index (χ1n) is 10.7. The van der Waals surface area contributed by atoms with Gasteiger partial charge in [0.25, 0.3) is 5.91 Å². The van der Waals surface area contributed by atoms with E-state index in [0.717, 1.165) is 23.5 Å². The normalized spacial score (nSPS) is 11.5. The molecule has 0 aliphatic rings. The van der Waals surface area contributed by atoms with Gasteiger partial charge in [0, 0.05) is 38.4 Å². The number of hydrogen-bond acceptors (Lipinski definition) is 4. The lowest BCUT2D eigenvalue weighted by atomic mass is 9.92.